The monoisotopic (exact) mass is 502 g/mol. The van der Waals surface area contributed by atoms with Crippen LogP contribution in [0.1, 0.15) is 6.42 Å². The molecule has 33 heavy (non-hydrogen) atoms. The lowest BCUT2D eigenvalue weighted by molar-refractivity contribution is -0.0258. The van der Waals surface area contributed by atoms with Gasteiger partial charge in [0.15, 0.2) is 0 Å². The summed E-state index contributed by atoms with van der Waals surface area (Å²) in [5.41, 5.74) is 0. The third kappa shape index (κ3) is 32.0. The lowest BCUT2D eigenvalue weighted by atomic mass is 10.5. The van der Waals surface area contributed by atoms with Crippen molar-refractivity contribution in [3.8, 4) is 0 Å². The molecular formula is C22H46O10S. The van der Waals surface area contributed by atoms with Crippen LogP contribution in [0.5, 0.6) is 0 Å². The van der Waals surface area contributed by atoms with E-state index in [1.807, 2.05) is 0 Å². The van der Waals surface area contributed by atoms with E-state index < -0.39 is 0 Å². The minimum Gasteiger partial charge on any atom is -0.382 e. The highest BCUT2D eigenvalue weighted by molar-refractivity contribution is 7.80. The third-order valence-electron chi connectivity index (χ3n) is 3.85. The Balaban J connectivity index is 2.99. The summed E-state index contributed by atoms with van der Waals surface area (Å²) in [6, 6.07) is 0. The van der Waals surface area contributed by atoms with Gasteiger partial charge >= 0.3 is 0 Å². The summed E-state index contributed by atoms with van der Waals surface area (Å²) in [5.74, 6) is 0.846. The zero-order valence-electron chi connectivity index (χ0n) is 20.4. The lowest BCUT2D eigenvalue weighted by Crippen LogP contribution is -2.15. The summed E-state index contributed by atoms with van der Waals surface area (Å²) in [6.07, 6.45) is 0.964. The van der Waals surface area contributed by atoms with Crippen molar-refractivity contribution in [2.75, 3.05) is 138 Å². The first-order chi connectivity index (χ1) is 16.4. The van der Waals surface area contributed by atoms with Gasteiger partial charge in [-0.1, -0.05) is 0 Å². The van der Waals surface area contributed by atoms with E-state index in [1.54, 1.807) is 7.11 Å². The average Bonchev–Trinajstić information content (AvgIpc) is 2.83. The second-order valence-electron chi connectivity index (χ2n) is 6.58. The van der Waals surface area contributed by atoms with Crippen LogP contribution in [0.4, 0.5) is 0 Å². The second kappa shape index (κ2) is 32.0. The van der Waals surface area contributed by atoms with Gasteiger partial charge in [-0.3, -0.25) is 0 Å². The molecule has 0 spiro atoms. The maximum absolute atomic E-state index is 5.44. The van der Waals surface area contributed by atoms with E-state index in [0.717, 1.165) is 18.8 Å². The molecule has 0 saturated carbocycles. The van der Waals surface area contributed by atoms with Crippen LogP contribution in [0.3, 0.4) is 0 Å². The molecule has 200 valence electrons. The minimum atomic E-state index is 0.530. The summed E-state index contributed by atoms with van der Waals surface area (Å²) >= 11 is 4.12. The summed E-state index contributed by atoms with van der Waals surface area (Å²) in [4.78, 5) is 0. The van der Waals surface area contributed by atoms with Gasteiger partial charge in [0.25, 0.3) is 0 Å². The molecule has 0 atom stereocenters. The Labute approximate surface area is 205 Å². The van der Waals surface area contributed by atoms with Gasteiger partial charge in [-0.15, -0.1) is 0 Å². The van der Waals surface area contributed by atoms with Gasteiger partial charge in [0.2, 0.25) is 0 Å². The van der Waals surface area contributed by atoms with Crippen molar-refractivity contribution < 1.29 is 47.4 Å². The highest BCUT2D eigenvalue weighted by atomic mass is 32.1. The standard InChI is InChI=1S/C22H46O10S/c1-23-4-5-25-8-9-27-12-13-29-16-17-31-20-21-32-19-18-30-15-14-28-11-10-26-7-6-24-3-2-22-33/h33H,2-22H2,1H3. The molecule has 0 aromatic rings. The Hall–Kier alpha value is -0.0500. The van der Waals surface area contributed by atoms with E-state index in [2.05, 4.69) is 12.6 Å². The van der Waals surface area contributed by atoms with Crippen LogP contribution in [-0.2, 0) is 47.4 Å². The number of thiol groups is 1. The van der Waals surface area contributed by atoms with E-state index in [0.29, 0.717) is 119 Å². The molecule has 0 fully saturated rings. The molecule has 0 saturated heterocycles. The molecule has 0 N–H and O–H groups in total. The number of methoxy groups -OCH3 is 1. The van der Waals surface area contributed by atoms with Crippen LogP contribution in [0.25, 0.3) is 0 Å². The van der Waals surface area contributed by atoms with Crippen molar-refractivity contribution in [3.63, 3.8) is 0 Å². The van der Waals surface area contributed by atoms with Crippen LogP contribution in [-0.4, -0.2) is 138 Å². The van der Waals surface area contributed by atoms with Gasteiger partial charge in [0, 0.05) is 13.7 Å². The van der Waals surface area contributed by atoms with Gasteiger partial charge < -0.3 is 47.4 Å². The molecule has 0 radical (unpaired) electrons. The van der Waals surface area contributed by atoms with Crippen LogP contribution in [0, 0.1) is 0 Å². The topological polar surface area (TPSA) is 92.3 Å². The lowest BCUT2D eigenvalue weighted by Gasteiger charge is -2.08. The average molecular weight is 503 g/mol. The van der Waals surface area contributed by atoms with Gasteiger partial charge in [-0.25, -0.2) is 0 Å². The molecule has 0 bridgehead atoms. The predicted octanol–water partition coefficient (Wildman–Crippen LogP) is 1.10. The van der Waals surface area contributed by atoms with Gasteiger partial charge in [0.05, 0.1) is 119 Å². The quantitative estimate of drug-likeness (QED) is 0.114. The predicted molar refractivity (Wildman–Crippen MR) is 128 cm³/mol. The van der Waals surface area contributed by atoms with Crippen LogP contribution in [0.15, 0.2) is 0 Å². The first kappa shape index (κ1) is 33.0. The van der Waals surface area contributed by atoms with E-state index in [1.165, 1.54) is 0 Å². The second-order valence-corrected chi connectivity index (χ2v) is 7.03. The fraction of sp³-hybridized carbons (Fsp3) is 1.00. The SMILES string of the molecule is COCCOCCOCCOCCOCCOCCOCCOCCOCCOCCCS. The zero-order valence-corrected chi connectivity index (χ0v) is 21.3. The maximum Gasteiger partial charge on any atom is 0.0701 e. The molecule has 0 aliphatic carbocycles. The first-order valence-corrected chi connectivity index (χ1v) is 12.3. The van der Waals surface area contributed by atoms with Crippen LogP contribution >= 0.6 is 12.6 Å². The van der Waals surface area contributed by atoms with Crippen molar-refractivity contribution in [2.45, 2.75) is 6.42 Å². The number of hydrogen-bond donors (Lipinski definition) is 1. The first-order valence-electron chi connectivity index (χ1n) is 11.7. The molecule has 0 heterocycles. The Kier molecular flexibility index (Phi) is 31.9. The van der Waals surface area contributed by atoms with Crippen LogP contribution in [0.2, 0.25) is 0 Å². The smallest absolute Gasteiger partial charge is 0.0701 e. The van der Waals surface area contributed by atoms with Crippen molar-refractivity contribution >= 4 is 12.6 Å². The van der Waals surface area contributed by atoms with Crippen molar-refractivity contribution in [3.05, 3.63) is 0 Å². The Morgan fingerprint density at radius 1 is 0.333 bits per heavy atom. The van der Waals surface area contributed by atoms with Gasteiger partial charge in [-0.05, 0) is 12.2 Å². The van der Waals surface area contributed by atoms with E-state index in [9.17, 15) is 0 Å². The fourth-order valence-corrected chi connectivity index (χ4v) is 2.30. The molecule has 0 aliphatic rings. The molecule has 0 unspecified atom stereocenters. The molecule has 11 heteroatoms. The van der Waals surface area contributed by atoms with E-state index in [-0.39, 0.29) is 0 Å². The highest BCUT2D eigenvalue weighted by Gasteiger charge is 1.95. The van der Waals surface area contributed by atoms with Gasteiger partial charge in [0.1, 0.15) is 0 Å². The third-order valence-corrected chi connectivity index (χ3v) is 4.17. The number of hydrogen-bond acceptors (Lipinski definition) is 11. The van der Waals surface area contributed by atoms with Crippen LogP contribution < -0.4 is 0 Å². The number of rotatable bonds is 30. The Morgan fingerprint density at radius 2 is 0.545 bits per heavy atom. The number of ether oxygens (including phenoxy) is 10. The molecule has 0 aliphatic heterocycles. The van der Waals surface area contributed by atoms with Gasteiger partial charge in [-0.2, -0.15) is 12.6 Å². The van der Waals surface area contributed by atoms with E-state index >= 15 is 0 Å². The minimum absolute atomic E-state index is 0.530. The summed E-state index contributed by atoms with van der Waals surface area (Å²) in [5, 5.41) is 0. The Bertz CT molecular complexity index is 312. The Morgan fingerprint density at radius 3 is 0.758 bits per heavy atom. The zero-order chi connectivity index (χ0) is 23.9. The summed E-state index contributed by atoms with van der Waals surface area (Å²) < 4.78 is 53.5. The summed E-state index contributed by atoms with van der Waals surface area (Å²) in [7, 11) is 1.65. The highest BCUT2D eigenvalue weighted by Crippen LogP contribution is 1.88. The molecular weight excluding hydrogens is 456 g/mol. The molecule has 10 nitrogen and oxygen atoms in total. The normalized spacial score (nSPS) is 11.5. The van der Waals surface area contributed by atoms with Crippen molar-refractivity contribution in [2.24, 2.45) is 0 Å². The molecule has 0 aromatic heterocycles. The molecule has 0 aromatic carbocycles. The summed E-state index contributed by atoms with van der Waals surface area (Å²) in [6.45, 7) is 10.7. The molecule has 0 rings (SSSR count). The largest absolute Gasteiger partial charge is 0.382 e. The maximum atomic E-state index is 5.44. The van der Waals surface area contributed by atoms with E-state index in [4.69, 9.17) is 47.4 Å². The van der Waals surface area contributed by atoms with Crippen molar-refractivity contribution in [1.82, 2.24) is 0 Å². The molecule has 0 amide bonds. The van der Waals surface area contributed by atoms with Crippen molar-refractivity contribution in [1.29, 1.82) is 0 Å². The fourth-order valence-electron chi connectivity index (χ4n) is 2.17.